The number of aliphatic hydroxyl groups is 1. The van der Waals surface area contributed by atoms with E-state index in [1.165, 1.54) is 9.59 Å². The number of aromatic hydroxyl groups is 2. The molecule has 10 nitrogen and oxygen atoms in total. The van der Waals surface area contributed by atoms with Gasteiger partial charge in [-0.15, -0.1) is 41.6 Å². The fourth-order valence-corrected chi connectivity index (χ4v) is 5.08. The monoisotopic (exact) mass is 686 g/mol. The van der Waals surface area contributed by atoms with E-state index in [1.807, 2.05) is 86.6 Å². The van der Waals surface area contributed by atoms with Gasteiger partial charge in [-0.25, -0.2) is 0 Å². The highest BCUT2D eigenvalue weighted by Crippen LogP contribution is 2.30. The Morgan fingerprint density at radius 3 is 1.43 bits per heavy atom. The number of halogens is 1. The quantitative estimate of drug-likeness (QED) is 0.0971. The van der Waals surface area contributed by atoms with E-state index in [9.17, 15) is 10.2 Å². The number of ether oxygens (including phenoxy) is 1. The van der Waals surface area contributed by atoms with Crippen molar-refractivity contribution >= 4 is 33.7 Å². The fraction of sp³-hybridized carbons (Fsp3) is 0.368. The van der Waals surface area contributed by atoms with Crippen LogP contribution >= 0.6 is 11.6 Å². The topological polar surface area (TPSA) is 131 Å². The molecule has 260 valence electrons. The summed E-state index contributed by atoms with van der Waals surface area (Å²) in [5.41, 5.74) is 7.78. The number of fused-ring (bicyclic) bond motifs is 2. The van der Waals surface area contributed by atoms with Crippen LogP contribution in [-0.4, -0.2) is 58.5 Å². The molecule has 0 spiro atoms. The summed E-state index contributed by atoms with van der Waals surface area (Å²) in [6.45, 7) is 13.9. The molecule has 0 radical (unpaired) electrons. The van der Waals surface area contributed by atoms with Crippen molar-refractivity contribution in [1.29, 1.82) is 0 Å². The molecular weight excluding hydrogens is 640 g/mol. The standard InChI is InChI=1S/C19H23N3O2.C14H12ClN3O.C5H12O/c1-13(2)8-9-24-12-15-10-14(3)11-18(19(15)23)22-20-16-6-4-5-7-17(16)21-22;1-9-6-10(8-15)14(19)13(7-9)18-16-11-4-2-3-5-12(11)17-18;1-5(2)3-4-6/h4-7,10-11,13,23H,8-9,12H2,1-3H3;2-7,19H,8H2,1H3;5-6H,3-4H2,1-2H3. The summed E-state index contributed by atoms with van der Waals surface area (Å²) in [6, 6.07) is 22.7. The van der Waals surface area contributed by atoms with Gasteiger partial charge in [-0.05, 0) is 92.1 Å². The van der Waals surface area contributed by atoms with Gasteiger partial charge in [-0.2, -0.15) is 0 Å². The molecule has 0 aliphatic rings. The van der Waals surface area contributed by atoms with Crippen LogP contribution in [-0.2, 0) is 17.2 Å². The minimum atomic E-state index is 0.126. The maximum absolute atomic E-state index is 10.6. The van der Waals surface area contributed by atoms with E-state index in [0.29, 0.717) is 48.6 Å². The second kappa shape index (κ2) is 17.8. The van der Waals surface area contributed by atoms with Crippen molar-refractivity contribution in [3.63, 3.8) is 0 Å². The third kappa shape index (κ3) is 10.2. The van der Waals surface area contributed by atoms with Gasteiger partial charge in [0.05, 0.1) is 12.5 Å². The van der Waals surface area contributed by atoms with Gasteiger partial charge >= 0.3 is 0 Å². The van der Waals surface area contributed by atoms with Crippen molar-refractivity contribution < 1.29 is 20.1 Å². The number of aryl methyl sites for hydroxylation is 2. The number of aromatic nitrogens is 6. The second-order valence-corrected chi connectivity index (χ2v) is 13.1. The Bertz CT molecular complexity index is 1890. The largest absolute Gasteiger partial charge is 0.505 e. The molecule has 0 amide bonds. The van der Waals surface area contributed by atoms with Crippen LogP contribution in [0.25, 0.3) is 33.4 Å². The van der Waals surface area contributed by atoms with Gasteiger partial charge in [0, 0.05) is 24.3 Å². The van der Waals surface area contributed by atoms with Crippen molar-refractivity contribution in [3.8, 4) is 22.9 Å². The summed E-state index contributed by atoms with van der Waals surface area (Å²) in [4.78, 5) is 2.94. The number of hydrogen-bond donors (Lipinski definition) is 3. The highest BCUT2D eigenvalue weighted by Gasteiger charge is 2.15. The van der Waals surface area contributed by atoms with Gasteiger partial charge < -0.3 is 20.1 Å². The number of aliphatic hydroxyl groups excluding tert-OH is 1. The molecule has 49 heavy (non-hydrogen) atoms. The first-order valence-corrected chi connectivity index (χ1v) is 17.1. The molecule has 6 aromatic rings. The maximum Gasteiger partial charge on any atom is 0.148 e. The minimum Gasteiger partial charge on any atom is -0.505 e. The molecule has 4 aromatic carbocycles. The van der Waals surface area contributed by atoms with Crippen molar-refractivity contribution in [1.82, 2.24) is 30.0 Å². The zero-order valence-electron chi connectivity index (χ0n) is 29.1. The van der Waals surface area contributed by atoms with Gasteiger partial charge in [0.1, 0.15) is 44.9 Å². The smallest absolute Gasteiger partial charge is 0.148 e. The van der Waals surface area contributed by atoms with Gasteiger partial charge in [0.15, 0.2) is 0 Å². The van der Waals surface area contributed by atoms with Gasteiger partial charge in [-0.1, -0.05) is 58.0 Å². The summed E-state index contributed by atoms with van der Waals surface area (Å²) < 4.78 is 5.71. The zero-order valence-corrected chi connectivity index (χ0v) is 29.9. The van der Waals surface area contributed by atoms with Crippen LogP contribution in [0.4, 0.5) is 0 Å². The maximum atomic E-state index is 10.6. The Balaban J connectivity index is 0.000000193. The van der Waals surface area contributed by atoms with Crippen LogP contribution in [0.2, 0.25) is 0 Å². The van der Waals surface area contributed by atoms with E-state index in [4.69, 9.17) is 21.4 Å². The number of nitrogens with zero attached hydrogens (tertiary/aromatic N) is 6. The molecule has 0 atom stereocenters. The van der Waals surface area contributed by atoms with E-state index in [2.05, 4.69) is 48.1 Å². The molecule has 6 rings (SSSR count). The normalized spacial score (nSPS) is 11.1. The highest BCUT2D eigenvalue weighted by atomic mass is 35.5. The number of rotatable bonds is 10. The molecule has 11 heteroatoms. The Labute approximate surface area is 292 Å². The molecule has 0 bridgehead atoms. The van der Waals surface area contributed by atoms with Crippen LogP contribution in [0.5, 0.6) is 11.5 Å². The minimum absolute atomic E-state index is 0.126. The van der Waals surface area contributed by atoms with E-state index in [1.54, 1.807) is 0 Å². The predicted octanol–water partition coefficient (Wildman–Crippen LogP) is 8.20. The lowest BCUT2D eigenvalue weighted by Gasteiger charge is -2.12. The van der Waals surface area contributed by atoms with Crippen LogP contribution in [0.15, 0.2) is 72.8 Å². The molecule has 0 saturated carbocycles. The number of phenols is 2. The SMILES string of the molecule is CC(C)CCO.Cc1cc(CCl)c(O)c(-n2nc3ccccc3n2)c1.Cc1cc(COCCC(C)C)c(O)c(-n2nc3ccccc3n2)c1. The summed E-state index contributed by atoms with van der Waals surface area (Å²) in [5, 5.41) is 46.7. The summed E-state index contributed by atoms with van der Waals surface area (Å²) >= 11 is 5.83. The summed E-state index contributed by atoms with van der Waals surface area (Å²) in [7, 11) is 0. The van der Waals surface area contributed by atoms with E-state index in [0.717, 1.165) is 51.6 Å². The van der Waals surface area contributed by atoms with Crippen LogP contribution in [0.1, 0.15) is 62.8 Å². The van der Waals surface area contributed by atoms with E-state index < -0.39 is 0 Å². The van der Waals surface area contributed by atoms with Crippen molar-refractivity contribution in [2.75, 3.05) is 13.2 Å². The van der Waals surface area contributed by atoms with Crippen LogP contribution < -0.4 is 0 Å². The van der Waals surface area contributed by atoms with Crippen molar-refractivity contribution in [3.05, 3.63) is 95.1 Å². The van der Waals surface area contributed by atoms with E-state index >= 15 is 0 Å². The first-order valence-electron chi connectivity index (χ1n) is 16.5. The lowest BCUT2D eigenvalue weighted by molar-refractivity contribution is 0.109. The zero-order chi connectivity index (χ0) is 35.5. The van der Waals surface area contributed by atoms with E-state index in [-0.39, 0.29) is 17.4 Å². The molecule has 0 fully saturated rings. The molecule has 0 unspecified atom stereocenters. The average Bonchev–Trinajstić information content (AvgIpc) is 3.70. The van der Waals surface area contributed by atoms with Crippen molar-refractivity contribution in [2.24, 2.45) is 11.8 Å². The Kier molecular flexibility index (Phi) is 13.5. The second-order valence-electron chi connectivity index (χ2n) is 12.8. The number of alkyl halides is 1. The molecule has 0 saturated heterocycles. The summed E-state index contributed by atoms with van der Waals surface area (Å²) in [5.74, 6) is 1.80. The van der Waals surface area contributed by atoms with Gasteiger partial charge in [0.2, 0.25) is 0 Å². The number of phenolic OH excluding ortho intramolecular Hbond substituents is 2. The molecule has 0 aliphatic heterocycles. The summed E-state index contributed by atoms with van der Waals surface area (Å²) in [6.07, 6.45) is 1.94. The number of benzene rings is 4. The number of hydrogen-bond acceptors (Lipinski definition) is 8. The predicted molar refractivity (Wildman–Crippen MR) is 196 cm³/mol. The lowest BCUT2D eigenvalue weighted by Crippen LogP contribution is -2.04. The lowest BCUT2D eigenvalue weighted by atomic mass is 10.1. The first kappa shape index (κ1) is 37.3. The third-order valence-electron chi connectivity index (χ3n) is 7.58. The van der Waals surface area contributed by atoms with Crippen molar-refractivity contribution in [2.45, 2.75) is 66.9 Å². The fourth-order valence-electron chi connectivity index (χ4n) is 4.88. The molecule has 2 aromatic heterocycles. The Morgan fingerprint density at radius 1 is 0.653 bits per heavy atom. The molecule has 3 N–H and O–H groups in total. The first-order chi connectivity index (χ1) is 23.5. The molecule has 2 heterocycles. The van der Waals surface area contributed by atoms with Gasteiger partial charge in [0.25, 0.3) is 0 Å². The third-order valence-corrected chi connectivity index (χ3v) is 7.87. The molecular formula is C38H47ClN6O4. The molecule has 0 aliphatic carbocycles. The van der Waals surface area contributed by atoms with Crippen LogP contribution in [0.3, 0.4) is 0 Å². The average molecular weight is 687 g/mol. The highest BCUT2D eigenvalue weighted by molar-refractivity contribution is 6.17. The Hall–Kier alpha value is -4.51. The van der Waals surface area contributed by atoms with Crippen LogP contribution in [0, 0.1) is 25.7 Å². The Morgan fingerprint density at radius 2 is 1.06 bits per heavy atom. The van der Waals surface area contributed by atoms with Gasteiger partial charge in [-0.3, -0.25) is 0 Å².